The normalized spacial score (nSPS) is 17.0. The Hall–Kier alpha value is -4.84. The zero-order chi connectivity index (χ0) is 24.5. The third kappa shape index (κ3) is 4.13. The molecule has 0 aliphatic carbocycles. The van der Waals surface area contributed by atoms with Gasteiger partial charge < -0.3 is 5.32 Å². The average molecular weight is 466 g/mol. The van der Waals surface area contributed by atoms with Gasteiger partial charge in [0.1, 0.15) is 6.04 Å². The maximum Gasteiger partial charge on any atom is 0.262 e. The van der Waals surface area contributed by atoms with Crippen molar-refractivity contribution < 1.29 is 24.0 Å². The smallest absolute Gasteiger partial charge is 0.262 e. The van der Waals surface area contributed by atoms with E-state index in [-0.39, 0.29) is 36.4 Å². The zero-order valence-electron chi connectivity index (χ0n) is 18.3. The van der Waals surface area contributed by atoms with Gasteiger partial charge >= 0.3 is 0 Å². The lowest BCUT2D eigenvalue weighted by Crippen LogP contribution is -2.54. The van der Waals surface area contributed by atoms with Gasteiger partial charge in [-0.2, -0.15) is 0 Å². The van der Waals surface area contributed by atoms with Crippen LogP contribution in [0.4, 0.5) is 0 Å². The van der Waals surface area contributed by atoms with Crippen LogP contribution < -0.4 is 10.6 Å². The zero-order valence-corrected chi connectivity index (χ0v) is 18.3. The first-order valence-electron chi connectivity index (χ1n) is 10.9. The third-order valence-corrected chi connectivity index (χ3v) is 5.86. The first kappa shape index (κ1) is 22.0. The minimum atomic E-state index is -1.02. The fourth-order valence-corrected chi connectivity index (χ4v) is 4.12. The van der Waals surface area contributed by atoms with Crippen molar-refractivity contribution in [1.82, 2.24) is 20.5 Å². The first-order chi connectivity index (χ1) is 16.9. The highest BCUT2D eigenvalue weighted by Crippen LogP contribution is 2.28. The number of fused-ring (bicyclic) bond motifs is 2. The molecule has 172 valence electrons. The van der Waals surface area contributed by atoms with Crippen LogP contribution in [0.2, 0.25) is 0 Å². The Kier molecular flexibility index (Phi) is 5.55. The Bertz CT molecular complexity index is 1500. The van der Waals surface area contributed by atoms with E-state index in [0.717, 1.165) is 15.8 Å². The van der Waals surface area contributed by atoms with Crippen LogP contribution in [0.5, 0.6) is 0 Å². The van der Waals surface area contributed by atoms with Gasteiger partial charge in [0.2, 0.25) is 11.8 Å². The van der Waals surface area contributed by atoms with Crippen molar-refractivity contribution in [1.29, 1.82) is 0 Å². The number of carbonyl (C=O) groups excluding carboxylic acids is 5. The topological polar surface area (TPSA) is 126 Å². The van der Waals surface area contributed by atoms with E-state index in [1.54, 1.807) is 12.1 Å². The highest BCUT2D eigenvalue weighted by Gasteiger charge is 2.44. The lowest BCUT2D eigenvalue weighted by atomic mass is 10.0. The van der Waals surface area contributed by atoms with Crippen LogP contribution in [0.15, 0.2) is 54.7 Å². The maximum atomic E-state index is 12.9. The molecule has 2 aliphatic heterocycles. The second-order valence-corrected chi connectivity index (χ2v) is 8.11. The number of piperidine rings is 1. The molecule has 5 amide bonds. The van der Waals surface area contributed by atoms with E-state index in [1.807, 2.05) is 24.3 Å². The summed E-state index contributed by atoms with van der Waals surface area (Å²) < 4.78 is 0. The Morgan fingerprint density at radius 2 is 1.86 bits per heavy atom. The molecular formula is C26H18N4O5. The standard InChI is InChI=1S/C26H18N4O5/c31-22-10-9-21(24(33)29-22)30-25(34)18-8-7-15(12-19(18)26(30)35)4-3-11-27-23(32)17-13-16-5-1-2-6-20(16)28-14-17/h1-2,5-8,12-14,21H,9-11H2,(H,27,32)(H,29,31,33). The second-order valence-electron chi connectivity index (χ2n) is 8.11. The number of benzene rings is 2. The molecule has 0 saturated carbocycles. The van der Waals surface area contributed by atoms with Gasteiger partial charge in [-0.1, -0.05) is 30.0 Å². The van der Waals surface area contributed by atoms with Crippen LogP contribution >= 0.6 is 0 Å². The van der Waals surface area contributed by atoms with E-state index in [4.69, 9.17) is 0 Å². The average Bonchev–Trinajstić information content (AvgIpc) is 3.11. The van der Waals surface area contributed by atoms with Crippen LogP contribution in [0.25, 0.3) is 10.9 Å². The molecule has 3 heterocycles. The number of carbonyl (C=O) groups is 5. The van der Waals surface area contributed by atoms with Crippen molar-refractivity contribution in [3.63, 3.8) is 0 Å². The number of pyridine rings is 1. The molecule has 5 rings (SSSR count). The Morgan fingerprint density at radius 3 is 2.69 bits per heavy atom. The molecule has 0 bridgehead atoms. The number of hydrogen-bond acceptors (Lipinski definition) is 6. The van der Waals surface area contributed by atoms with E-state index in [0.29, 0.717) is 11.1 Å². The number of nitrogens with one attached hydrogen (secondary N) is 2. The lowest BCUT2D eigenvalue weighted by Gasteiger charge is -2.27. The molecule has 3 aromatic rings. The van der Waals surface area contributed by atoms with Gasteiger partial charge in [-0.3, -0.25) is 39.2 Å². The van der Waals surface area contributed by atoms with E-state index in [9.17, 15) is 24.0 Å². The van der Waals surface area contributed by atoms with E-state index in [1.165, 1.54) is 18.3 Å². The van der Waals surface area contributed by atoms with Gasteiger partial charge in [0.05, 0.1) is 28.8 Å². The summed E-state index contributed by atoms with van der Waals surface area (Å²) in [5, 5.41) is 5.73. The highest BCUT2D eigenvalue weighted by atomic mass is 16.2. The Balaban J connectivity index is 1.26. The first-order valence-corrected chi connectivity index (χ1v) is 10.9. The summed E-state index contributed by atoms with van der Waals surface area (Å²) in [4.78, 5) is 66.8. The number of amides is 5. The van der Waals surface area contributed by atoms with Crippen molar-refractivity contribution in [2.75, 3.05) is 6.54 Å². The molecular weight excluding hydrogens is 448 g/mol. The molecule has 2 aromatic carbocycles. The molecule has 1 saturated heterocycles. The van der Waals surface area contributed by atoms with Crippen molar-refractivity contribution in [2.24, 2.45) is 0 Å². The summed E-state index contributed by atoms with van der Waals surface area (Å²) in [6.07, 6.45) is 1.65. The number of aromatic nitrogens is 1. The van der Waals surface area contributed by atoms with Crippen molar-refractivity contribution in [2.45, 2.75) is 18.9 Å². The number of para-hydroxylation sites is 1. The molecule has 1 unspecified atom stereocenters. The minimum Gasteiger partial charge on any atom is -0.341 e. The maximum absolute atomic E-state index is 12.9. The SMILES string of the molecule is O=C1CCC(N2C(=O)c3ccc(C#CCNC(=O)c4cnc5ccccc5c4)cc3C2=O)C(=O)N1. The number of nitrogens with zero attached hydrogens (tertiary/aromatic N) is 2. The number of rotatable bonds is 3. The number of hydrogen-bond donors (Lipinski definition) is 2. The van der Waals surface area contributed by atoms with E-state index < -0.39 is 29.7 Å². The van der Waals surface area contributed by atoms with E-state index in [2.05, 4.69) is 27.5 Å². The molecule has 2 N–H and O–H groups in total. The summed E-state index contributed by atoms with van der Waals surface area (Å²) in [6.45, 7) is 0.0675. The van der Waals surface area contributed by atoms with Gasteiger partial charge in [-0.25, -0.2) is 0 Å². The van der Waals surface area contributed by atoms with Crippen LogP contribution in [-0.2, 0) is 9.59 Å². The summed E-state index contributed by atoms with van der Waals surface area (Å²) in [5.41, 5.74) is 2.03. The van der Waals surface area contributed by atoms with Gasteiger partial charge in [-0.15, -0.1) is 0 Å². The molecule has 0 radical (unpaired) electrons. The molecule has 35 heavy (non-hydrogen) atoms. The quantitative estimate of drug-likeness (QED) is 0.444. The highest BCUT2D eigenvalue weighted by molar-refractivity contribution is 6.23. The largest absolute Gasteiger partial charge is 0.341 e. The lowest BCUT2D eigenvalue weighted by molar-refractivity contribution is -0.136. The monoisotopic (exact) mass is 466 g/mol. The number of imide groups is 2. The van der Waals surface area contributed by atoms with Crippen LogP contribution in [0, 0.1) is 11.8 Å². The van der Waals surface area contributed by atoms with Crippen molar-refractivity contribution in [3.8, 4) is 11.8 Å². The molecule has 0 spiro atoms. The minimum absolute atomic E-state index is 0.0571. The summed E-state index contributed by atoms with van der Waals surface area (Å²) in [5.74, 6) is 3.13. The molecule has 1 fully saturated rings. The van der Waals surface area contributed by atoms with Crippen LogP contribution in [-0.4, -0.2) is 52.0 Å². The van der Waals surface area contributed by atoms with Gasteiger partial charge in [-0.05, 0) is 36.8 Å². The van der Waals surface area contributed by atoms with Crippen LogP contribution in [0.1, 0.15) is 49.5 Å². The Morgan fingerprint density at radius 1 is 1.06 bits per heavy atom. The van der Waals surface area contributed by atoms with E-state index >= 15 is 0 Å². The summed E-state index contributed by atoms with van der Waals surface area (Å²) in [6, 6.07) is 12.8. The predicted molar refractivity (Wildman–Crippen MR) is 124 cm³/mol. The van der Waals surface area contributed by atoms with Gasteiger partial charge in [0, 0.05) is 23.6 Å². The molecule has 2 aliphatic rings. The molecule has 1 atom stereocenters. The van der Waals surface area contributed by atoms with Gasteiger partial charge in [0.25, 0.3) is 17.7 Å². The Labute approximate surface area is 199 Å². The molecule has 9 nitrogen and oxygen atoms in total. The fourth-order valence-electron chi connectivity index (χ4n) is 4.12. The van der Waals surface area contributed by atoms with Gasteiger partial charge in [0.15, 0.2) is 0 Å². The molecule has 1 aromatic heterocycles. The van der Waals surface area contributed by atoms with Crippen LogP contribution in [0.3, 0.4) is 0 Å². The second kappa shape index (κ2) is 8.83. The fraction of sp³-hybridized carbons (Fsp3) is 0.154. The van der Waals surface area contributed by atoms with Crippen molar-refractivity contribution >= 4 is 40.4 Å². The molecule has 9 heteroatoms. The summed E-state index contributed by atoms with van der Waals surface area (Å²) >= 11 is 0. The summed E-state index contributed by atoms with van der Waals surface area (Å²) in [7, 11) is 0. The van der Waals surface area contributed by atoms with Crippen molar-refractivity contribution in [3.05, 3.63) is 77.0 Å². The third-order valence-electron chi connectivity index (χ3n) is 5.86. The predicted octanol–water partition coefficient (Wildman–Crippen LogP) is 1.42.